The van der Waals surface area contributed by atoms with Gasteiger partial charge in [0, 0.05) is 26.3 Å². The van der Waals surface area contributed by atoms with Crippen molar-refractivity contribution in [1.82, 2.24) is 25.3 Å². The van der Waals surface area contributed by atoms with Gasteiger partial charge in [-0.2, -0.15) is 5.10 Å². The Kier molecular flexibility index (Phi) is 12.2. The minimum absolute atomic E-state index is 0. The van der Waals surface area contributed by atoms with Crippen LogP contribution in [-0.2, 0) is 13.6 Å². The molecule has 0 bridgehead atoms. The summed E-state index contributed by atoms with van der Waals surface area (Å²) in [6.45, 7) is 12.3. The van der Waals surface area contributed by atoms with Crippen molar-refractivity contribution < 1.29 is 0 Å². The maximum Gasteiger partial charge on any atom is 0.191 e. The molecule has 0 amide bonds. The Labute approximate surface area is 151 Å². The van der Waals surface area contributed by atoms with Gasteiger partial charge in [0.1, 0.15) is 0 Å². The molecule has 0 aliphatic carbocycles. The maximum atomic E-state index is 4.59. The van der Waals surface area contributed by atoms with Gasteiger partial charge in [-0.05, 0) is 39.0 Å². The molecule has 0 atom stereocenters. The summed E-state index contributed by atoms with van der Waals surface area (Å²) in [6.07, 6.45) is 2.92. The second-order valence-corrected chi connectivity index (χ2v) is 4.95. The minimum Gasteiger partial charge on any atom is -0.357 e. The van der Waals surface area contributed by atoms with Crippen molar-refractivity contribution in [2.75, 3.05) is 32.7 Å². The topological polar surface area (TPSA) is 57.5 Å². The number of halogens is 1. The van der Waals surface area contributed by atoms with Crippen molar-refractivity contribution in [3.05, 3.63) is 18.0 Å². The third-order valence-corrected chi connectivity index (χ3v) is 3.50. The monoisotopic (exact) mass is 422 g/mol. The van der Waals surface area contributed by atoms with E-state index in [-0.39, 0.29) is 24.0 Å². The third-order valence-electron chi connectivity index (χ3n) is 3.50. The van der Waals surface area contributed by atoms with Gasteiger partial charge in [-0.15, -0.1) is 24.0 Å². The summed E-state index contributed by atoms with van der Waals surface area (Å²) in [4.78, 5) is 7.03. The fourth-order valence-corrected chi connectivity index (χ4v) is 2.11. The zero-order chi connectivity index (χ0) is 15.5. The summed E-state index contributed by atoms with van der Waals surface area (Å²) in [6, 6.07) is 1.99. The molecule has 2 N–H and O–H groups in total. The number of rotatable bonds is 9. The molecule has 0 aromatic carbocycles. The van der Waals surface area contributed by atoms with Gasteiger partial charge in [0.2, 0.25) is 0 Å². The summed E-state index contributed by atoms with van der Waals surface area (Å²) in [5, 5.41) is 10.8. The molecule has 1 rings (SSSR count). The Bertz CT molecular complexity index is 414. The predicted octanol–water partition coefficient (Wildman–Crippen LogP) is 1.83. The Balaban J connectivity index is 0.00000441. The first-order valence-corrected chi connectivity index (χ1v) is 7.92. The van der Waals surface area contributed by atoms with E-state index in [0.717, 1.165) is 50.8 Å². The molecule has 7 heteroatoms. The first-order valence-electron chi connectivity index (χ1n) is 7.92. The zero-order valence-electron chi connectivity index (χ0n) is 14.3. The standard InChI is InChI=1S/C15H30N6.HI/c1-5-16-15(17-10-8-12-21(6-2)7-3)18-13-14-9-11-19-20(14)4;/h9,11H,5-8,10,12-13H2,1-4H3,(H2,16,17,18);1H. The molecule has 0 saturated heterocycles. The summed E-state index contributed by atoms with van der Waals surface area (Å²) in [7, 11) is 1.94. The molecule has 0 spiro atoms. The quantitative estimate of drug-likeness (QED) is 0.276. The molecule has 0 saturated carbocycles. The molecule has 0 unspecified atom stereocenters. The Morgan fingerprint density at radius 2 is 2.00 bits per heavy atom. The molecule has 0 fully saturated rings. The van der Waals surface area contributed by atoms with Gasteiger partial charge in [-0.1, -0.05) is 13.8 Å². The van der Waals surface area contributed by atoms with E-state index in [0.29, 0.717) is 6.54 Å². The normalized spacial score (nSPS) is 11.4. The summed E-state index contributed by atoms with van der Waals surface area (Å²) in [5.41, 5.74) is 1.11. The molecule has 128 valence electrons. The van der Waals surface area contributed by atoms with E-state index in [1.54, 1.807) is 6.20 Å². The number of nitrogens with zero attached hydrogens (tertiary/aromatic N) is 4. The van der Waals surface area contributed by atoms with Gasteiger partial charge in [0.15, 0.2) is 5.96 Å². The molecule has 0 radical (unpaired) electrons. The average Bonchev–Trinajstić information content (AvgIpc) is 2.90. The van der Waals surface area contributed by atoms with Crippen LogP contribution in [0.4, 0.5) is 0 Å². The van der Waals surface area contributed by atoms with E-state index in [9.17, 15) is 0 Å². The van der Waals surface area contributed by atoms with Crippen LogP contribution in [0.15, 0.2) is 17.3 Å². The minimum atomic E-state index is 0. The van der Waals surface area contributed by atoms with Crippen LogP contribution in [0.25, 0.3) is 0 Å². The number of nitrogens with one attached hydrogen (secondary N) is 2. The Morgan fingerprint density at radius 3 is 2.55 bits per heavy atom. The van der Waals surface area contributed by atoms with Crippen molar-refractivity contribution in [1.29, 1.82) is 0 Å². The smallest absolute Gasteiger partial charge is 0.191 e. The van der Waals surface area contributed by atoms with Gasteiger partial charge in [0.25, 0.3) is 0 Å². The van der Waals surface area contributed by atoms with Crippen molar-refractivity contribution in [2.24, 2.45) is 12.0 Å². The van der Waals surface area contributed by atoms with Crippen molar-refractivity contribution in [3.8, 4) is 0 Å². The number of hydrogen-bond donors (Lipinski definition) is 2. The molecule has 1 heterocycles. The van der Waals surface area contributed by atoms with Gasteiger partial charge >= 0.3 is 0 Å². The van der Waals surface area contributed by atoms with Gasteiger partial charge < -0.3 is 15.5 Å². The largest absolute Gasteiger partial charge is 0.357 e. The summed E-state index contributed by atoms with van der Waals surface area (Å²) in [5.74, 6) is 0.873. The van der Waals surface area contributed by atoms with Gasteiger partial charge in [-0.25, -0.2) is 4.99 Å². The lowest BCUT2D eigenvalue weighted by atomic mass is 10.3. The first-order chi connectivity index (χ1) is 10.2. The number of aliphatic imine (C=N–C) groups is 1. The predicted molar refractivity (Wildman–Crippen MR) is 104 cm³/mol. The van der Waals surface area contributed by atoms with E-state index in [1.165, 1.54) is 0 Å². The Morgan fingerprint density at radius 1 is 1.27 bits per heavy atom. The third kappa shape index (κ3) is 7.98. The lowest BCUT2D eigenvalue weighted by Crippen LogP contribution is -2.38. The molecule has 6 nitrogen and oxygen atoms in total. The highest BCUT2D eigenvalue weighted by Gasteiger charge is 2.01. The van der Waals surface area contributed by atoms with E-state index in [2.05, 4.69) is 46.4 Å². The highest BCUT2D eigenvalue weighted by molar-refractivity contribution is 14.0. The maximum absolute atomic E-state index is 4.59. The van der Waals surface area contributed by atoms with E-state index < -0.39 is 0 Å². The average molecular weight is 422 g/mol. The van der Waals surface area contributed by atoms with Crippen LogP contribution in [0.3, 0.4) is 0 Å². The lowest BCUT2D eigenvalue weighted by molar-refractivity contribution is 0.300. The molecule has 1 aromatic heterocycles. The van der Waals surface area contributed by atoms with Crippen molar-refractivity contribution in [2.45, 2.75) is 33.7 Å². The van der Waals surface area contributed by atoms with Gasteiger partial charge in [0.05, 0.1) is 12.2 Å². The molecule has 0 aliphatic rings. The van der Waals surface area contributed by atoms with Crippen LogP contribution in [0.5, 0.6) is 0 Å². The zero-order valence-corrected chi connectivity index (χ0v) is 16.6. The highest BCUT2D eigenvalue weighted by Crippen LogP contribution is 1.98. The van der Waals surface area contributed by atoms with E-state index in [1.807, 2.05) is 17.8 Å². The fourth-order valence-electron chi connectivity index (χ4n) is 2.11. The van der Waals surface area contributed by atoms with Gasteiger partial charge in [-0.3, -0.25) is 4.68 Å². The van der Waals surface area contributed by atoms with Crippen LogP contribution in [0.2, 0.25) is 0 Å². The van der Waals surface area contributed by atoms with Crippen LogP contribution < -0.4 is 10.6 Å². The number of hydrogen-bond acceptors (Lipinski definition) is 3. The van der Waals surface area contributed by atoms with Crippen molar-refractivity contribution in [3.63, 3.8) is 0 Å². The van der Waals surface area contributed by atoms with Crippen LogP contribution in [0.1, 0.15) is 32.9 Å². The second kappa shape index (κ2) is 12.7. The van der Waals surface area contributed by atoms with E-state index >= 15 is 0 Å². The van der Waals surface area contributed by atoms with Crippen LogP contribution in [-0.4, -0.2) is 53.4 Å². The van der Waals surface area contributed by atoms with Crippen LogP contribution in [0, 0.1) is 0 Å². The Hall–Kier alpha value is -0.830. The molecule has 0 aliphatic heterocycles. The highest BCUT2D eigenvalue weighted by atomic mass is 127. The van der Waals surface area contributed by atoms with Crippen LogP contribution >= 0.6 is 24.0 Å². The number of aryl methyl sites for hydroxylation is 1. The SMILES string of the molecule is CCNC(=NCc1ccnn1C)NCCCN(CC)CC.I. The molecular weight excluding hydrogens is 391 g/mol. The van der Waals surface area contributed by atoms with Crippen molar-refractivity contribution >= 4 is 29.9 Å². The molecular formula is C15H31IN6. The fraction of sp³-hybridized carbons (Fsp3) is 0.733. The number of aromatic nitrogens is 2. The molecule has 1 aromatic rings. The summed E-state index contributed by atoms with van der Waals surface area (Å²) >= 11 is 0. The second-order valence-electron chi connectivity index (χ2n) is 4.95. The number of guanidine groups is 1. The summed E-state index contributed by atoms with van der Waals surface area (Å²) < 4.78 is 1.85. The van der Waals surface area contributed by atoms with E-state index in [4.69, 9.17) is 0 Å². The lowest BCUT2D eigenvalue weighted by Gasteiger charge is -2.18. The first kappa shape index (κ1) is 21.2. The molecule has 22 heavy (non-hydrogen) atoms.